The van der Waals surface area contributed by atoms with Crippen LogP contribution in [-0.4, -0.2) is 45.0 Å². The van der Waals surface area contributed by atoms with E-state index in [-0.39, 0.29) is 12.1 Å². The Morgan fingerprint density at radius 2 is 2.19 bits per heavy atom. The van der Waals surface area contributed by atoms with Crippen LogP contribution in [0.1, 0.15) is 37.9 Å². The van der Waals surface area contributed by atoms with E-state index in [0.29, 0.717) is 12.5 Å². The van der Waals surface area contributed by atoms with E-state index in [9.17, 15) is 9.90 Å². The zero-order valence-electron chi connectivity index (χ0n) is 13.2. The number of carbonyl (C=O) groups is 1. The zero-order valence-corrected chi connectivity index (χ0v) is 13.2. The molecule has 2 amide bonds. The molecule has 6 heteroatoms. The van der Waals surface area contributed by atoms with E-state index in [4.69, 9.17) is 0 Å². The van der Waals surface area contributed by atoms with Crippen molar-refractivity contribution in [1.82, 2.24) is 20.0 Å². The molecule has 21 heavy (non-hydrogen) atoms. The monoisotopic (exact) mass is 294 g/mol. The van der Waals surface area contributed by atoms with Gasteiger partial charge >= 0.3 is 6.03 Å². The predicted octanol–water partition coefficient (Wildman–Crippen LogP) is 1.28. The van der Waals surface area contributed by atoms with Gasteiger partial charge in [0.1, 0.15) is 0 Å². The van der Waals surface area contributed by atoms with E-state index in [1.807, 2.05) is 25.1 Å². The van der Waals surface area contributed by atoms with Crippen molar-refractivity contribution in [2.75, 3.05) is 13.1 Å². The van der Waals surface area contributed by atoms with Crippen LogP contribution in [0.4, 0.5) is 4.79 Å². The number of carbonyl (C=O) groups excluding carboxylic acids is 1. The van der Waals surface area contributed by atoms with Gasteiger partial charge in [0.25, 0.3) is 0 Å². The summed E-state index contributed by atoms with van der Waals surface area (Å²) < 4.78 is 1.79. The van der Waals surface area contributed by atoms with Gasteiger partial charge in [0.2, 0.25) is 0 Å². The molecule has 0 aromatic carbocycles. The first-order valence-electron chi connectivity index (χ1n) is 7.73. The molecule has 1 aromatic heterocycles. The summed E-state index contributed by atoms with van der Waals surface area (Å²) in [4.78, 5) is 14.0. The van der Waals surface area contributed by atoms with Crippen LogP contribution in [0.3, 0.4) is 0 Å². The molecule has 2 rings (SSSR count). The summed E-state index contributed by atoms with van der Waals surface area (Å²) in [5, 5.41) is 16.9. The lowest BCUT2D eigenvalue weighted by Crippen LogP contribution is -2.45. The molecular weight excluding hydrogens is 268 g/mol. The minimum atomic E-state index is -0.280. The first-order valence-corrected chi connectivity index (χ1v) is 7.73. The second-order valence-electron chi connectivity index (χ2n) is 5.85. The van der Waals surface area contributed by atoms with E-state index in [1.165, 1.54) is 0 Å². The van der Waals surface area contributed by atoms with Crippen LogP contribution in [0, 0.1) is 5.92 Å². The van der Waals surface area contributed by atoms with E-state index in [0.717, 1.165) is 43.6 Å². The Balaban J connectivity index is 1.82. The summed E-state index contributed by atoms with van der Waals surface area (Å²) in [6, 6.07) is -0.0232. The first-order chi connectivity index (χ1) is 10.0. The lowest BCUT2D eigenvalue weighted by atomic mass is 9.92. The van der Waals surface area contributed by atoms with Crippen molar-refractivity contribution in [2.45, 2.75) is 45.8 Å². The largest absolute Gasteiger partial charge is 0.393 e. The molecule has 1 atom stereocenters. The number of rotatable bonds is 4. The van der Waals surface area contributed by atoms with Gasteiger partial charge in [-0.05, 0) is 32.1 Å². The predicted molar refractivity (Wildman–Crippen MR) is 80.8 cm³/mol. The molecule has 0 radical (unpaired) electrons. The Hall–Kier alpha value is -1.56. The van der Waals surface area contributed by atoms with Crippen molar-refractivity contribution in [1.29, 1.82) is 0 Å². The molecule has 118 valence electrons. The van der Waals surface area contributed by atoms with Crippen molar-refractivity contribution in [3.8, 4) is 0 Å². The van der Waals surface area contributed by atoms with Gasteiger partial charge in [0.15, 0.2) is 0 Å². The number of hydrogen-bond donors (Lipinski definition) is 2. The molecule has 1 saturated heterocycles. The fraction of sp³-hybridized carbons (Fsp3) is 0.733. The molecule has 0 aliphatic carbocycles. The molecule has 1 aliphatic rings. The van der Waals surface area contributed by atoms with Gasteiger partial charge in [0.05, 0.1) is 11.8 Å². The van der Waals surface area contributed by atoms with E-state index < -0.39 is 0 Å². The van der Waals surface area contributed by atoms with Gasteiger partial charge in [-0.3, -0.25) is 4.68 Å². The third kappa shape index (κ3) is 3.97. The highest BCUT2D eigenvalue weighted by molar-refractivity contribution is 5.74. The van der Waals surface area contributed by atoms with E-state index in [1.54, 1.807) is 4.68 Å². The van der Waals surface area contributed by atoms with Gasteiger partial charge in [-0.2, -0.15) is 5.10 Å². The number of piperidine rings is 1. The molecule has 0 spiro atoms. The van der Waals surface area contributed by atoms with Crippen molar-refractivity contribution in [2.24, 2.45) is 13.0 Å². The molecule has 1 aliphatic heterocycles. The van der Waals surface area contributed by atoms with Crippen LogP contribution < -0.4 is 5.32 Å². The van der Waals surface area contributed by atoms with Crippen molar-refractivity contribution < 1.29 is 9.90 Å². The number of nitrogens with one attached hydrogen (secondary N) is 1. The fourth-order valence-corrected chi connectivity index (χ4v) is 2.90. The number of urea groups is 1. The topological polar surface area (TPSA) is 70.4 Å². The maximum absolute atomic E-state index is 12.2. The second-order valence-corrected chi connectivity index (χ2v) is 5.85. The number of amides is 2. The van der Waals surface area contributed by atoms with E-state index in [2.05, 4.69) is 17.3 Å². The van der Waals surface area contributed by atoms with Gasteiger partial charge in [0, 0.05) is 38.4 Å². The average Bonchev–Trinajstić information content (AvgIpc) is 2.85. The molecule has 1 unspecified atom stereocenters. The number of nitrogens with zero attached hydrogens (tertiary/aromatic N) is 3. The molecule has 0 bridgehead atoms. The average molecular weight is 294 g/mol. The number of hydrogen-bond acceptors (Lipinski definition) is 3. The third-order valence-corrected chi connectivity index (χ3v) is 4.27. The number of aliphatic hydroxyl groups excluding tert-OH is 1. The Kier molecular flexibility index (Phi) is 5.22. The Bertz CT molecular complexity index is 476. The summed E-state index contributed by atoms with van der Waals surface area (Å²) in [7, 11) is 1.89. The lowest BCUT2D eigenvalue weighted by molar-refractivity contribution is 0.0798. The van der Waals surface area contributed by atoms with Crippen LogP contribution in [0.15, 0.2) is 6.20 Å². The molecule has 6 nitrogen and oxygen atoms in total. The lowest BCUT2D eigenvalue weighted by Gasteiger charge is -2.33. The minimum Gasteiger partial charge on any atom is -0.393 e. The smallest absolute Gasteiger partial charge is 0.317 e. The van der Waals surface area contributed by atoms with Gasteiger partial charge in [-0.25, -0.2) is 4.79 Å². The highest BCUT2D eigenvalue weighted by Crippen LogP contribution is 2.20. The quantitative estimate of drug-likeness (QED) is 0.879. The fourth-order valence-electron chi connectivity index (χ4n) is 2.90. The summed E-state index contributed by atoms with van der Waals surface area (Å²) in [5.41, 5.74) is 2.11. The van der Waals surface area contributed by atoms with Gasteiger partial charge in [-0.1, -0.05) is 6.92 Å². The first kappa shape index (κ1) is 15.8. The molecule has 1 fully saturated rings. The minimum absolute atomic E-state index is 0.0232. The summed E-state index contributed by atoms with van der Waals surface area (Å²) in [6.07, 6.45) is 4.29. The zero-order chi connectivity index (χ0) is 15.4. The molecular formula is C15H26N4O2. The Labute approximate surface area is 126 Å². The summed E-state index contributed by atoms with van der Waals surface area (Å²) in [5.74, 6) is 0.319. The maximum Gasteiger partial charge on any atom is 0.317 e. The van der Waals surface area contributed by atoms with E-state index >= 15 is 0 Å². The highest BCUT2D eigenvalue weighted by atomic mass is 16.3. The molecule has 2 heterocycles. The van der Waals surface area contributed by atoms with Crippen molar-refractivity contribution in [3.05, 3.63) is 17.5 Å². The highest BCUT2D eigenvalue weighted by Gasteiger charge is 2.25. The van der Waals surface area contributed by atoms with Crippen LogP contribution in [0.5, 0.6) is 0 Å². The van der Waals surface area contributed by atoms with Gasteiger partial charge in [-0.15, -0.1) is 0 Å². The second kappa shape index (κ2) is 6.93. The molecule has 1 aromatic rings. The number of likely N-dealkylation sites (tertiary alicyclic amines) is 1. The van der Waals surface area contributed by atoms with Crippen molar-refractivity contribution >= 4 is 6.03 Å². The van der Waals surface area contributed by atoms with Gasteiger partial charge < -0.3 is 15.3 Å². The summed E-state index contributed by atoms with van der Waals surface area (Å²) >= 11 is 0. The molecule has 2 N–H and O–H groups in total. The Morgan fingerprint density at radius 1 is 1.52 bits per heavy atom. The number of aromatic nitrogens is 2. The van der Waals surface area contributed by atoms with Crippen LogP contribution in [0.2, 0.25) is 0 Å². The number of aryl methyl sites for hydroxylation is 2. The van der Waals surface area contributed by atoms with Crippen LogP contribution in [-0.2, 0) is 20.0 Å². The standard InChI is InChI=1S/C15H26N4O2/c1-4-14-13(10-18(3)17-14)9-16-15(21)19-7-5-12(6-8-19)11(2)20/h10-12,20H,4-9H2,1-3H3,(H,16,21). The summed E-state index contributed by atoms with van der Waals surface area (Å²) in [6.45, 7) is 5.85. The van der Waals surface area contributed by atoms with Crippen LogP contribution >= 0.6 is 0 Å². The van der Waals surface area contributed by atoms with Crippen LogP contribution in [0.25, 0.3) is 0 Å². The Morgan fingerprint density at radius 3 is 2.76 bits per heavy atom. The normalized spacial score (nSPS) is 17.8. The third-order valence-electron chi connectivity index (χ3n) is 4.27. The number of aliphatic hydroxyl groups is 1. The van der Waals surface area contributed by atoms with Crippen molar-refractivity contribution in [3.63, 3.8) is 0 Å². The molecule has 0 saturated carbocycles. The SMILES string of the molecule is CCc1nn(C)cc1CNC(=O)N1CCC(C(C)O)CC1. The maximum atomic E-state index is 12.2.